The molecule has 0 unspecified atom stereocenters. The molecular weight excluding hydrogens is 132 g/mol. The van der Waals surface area contributed by atoms with E-state index in [1.165, 1.54) is 38.5 Å². The van der Waals surface area contributed by atoms with Gasteiger partial charge in [-0.25, -0.2) is 0 Å². The van der Waals surface area contributed by atoms with Crippen molar-refractivity contribution in [1.82, 2.24) is 0 Å². The first-order valence-corrected chi connectivity index (χ1v) is 5.29. The molecule has 0 aliphatic heterocycles. The topological polar surface area (TPSA) is 0 Å². The summed E-state index contributed by atoms with van der Waals surface area (Å²) < 4.78 is 0. The van der Waals surface area contributed by atoms with E-state index < -0.39 is 0 Å². The van der Waals surface area contributed by atoms with Crippen molar-refractivity contribution in [2.24, 2.45) is 11.3 Å². The fraction of sp³-hybridized carbons (Fsp3) is 1.00. The molecule has 0 bridgehead atoms. The van der Waals surface area contributed by atoms with Crippen molar-refractivity contribution in [2.45, 2.75) is 59.3 Å². The van der Waals surface area contributed by atoms with E-state index in [-0.39, 0.29) is 0 Å². The fourth-order valence-electron chi connectivity index (χ4n) is 2.58. The fourth-order valence-corrected chi connectivity index (χ4v) is 2.58. The van der Waals surface area contributed by atoms with Crippen LogP contribution in [0.2, 0.25) is 0 Å². The van der Waals surface area contributed by atoms with Gasteiger partial charge in [0.1, 0.15) is 0 Å². The first-order chi connectivity index (χ1) is 5.29. The molecule has 1 aliphatic carbocycles. The lowest BCUT2D eigenvalue weighted by Gasteiger charge is -2.31. The normalized spacial score (nSPS) is 18.8. The molecule has 66 valence electrons. The summed E-state index contributed by atoms with van der Waals surface area (Å²) in [6, 6.07) is 0. The van der Waals surface area contributed by atoms with Crippen LogP contribution in [-0.2, 0) is 0 Å². The Bertz CT molecular complexity index is 107. The minimum absolute atomic E-state index is 0.745. The Balaban J connectivity index is 2.50. The molecule has 0 aromatic carbocycles. The predicted octanol–water partition coefficient (Wildman–Crippen LogP) is 4.00. The van der Waals surface area contributed by atoms with Crippen molar-refractivity contribution in [3.63, 3.8) is 0 Å². The van der Waals surface area contributed by atoms with Crippen LogP contribution in [0.3, 0.4) is 0 Å². The Morgan fingerprint density at radius 3 is 1.91 bits per heavy atom. The molecule has 11 heavy (non-hydrogen) atoms. The maximum absolute atomic E-state index is 2.37. The van der Waals surface area contributed by atoms with Crippen molar-refractivity contribution < 1.29 is 0 Å². The SMILES string of the molecule is CCCC(CC)(CC)C1CC1. The van der Waals surface area contributed by atoms with Gasteiger partial charge in [-0.05, 0) is 30.6 Å². The lowest BCUT2D eigenvalue weighted by Crippen LogP contribution is -2.21. The van der Waals surface area contributed by atoms with Gasteiger partial charge in [0.15, 0.2) is 0 Å². The van der Waals surface area contributed by atoms with E-state index in [2.05, 4.69) is 20.8 Å². The lowest BCUT2D eigenvalue weighted by atomic mass is 9.74. The second kappa shape index (κ2) is 3.60. The minimum atomic E-state index is 0.745. The predicted molar refractivity (Wildman–Crippen MR) is 50.6 cm³/mol. The molecule has 1 rings (SSSR count). The molecule has 0 heteroatoms. The number of hydrogen-bond acceptors (Lipinski definition) is 0. The molecule has 1 aliphatic rings. The molecule has 0 amide bonds. The average Bonchev–Trinajstić information content (AvgIpc) is 2.83. The number of rotatable bonds is 5. The van der Waals surface area contributed by atoms with Crippen LogP contribution in [0.25, 0.3) is 0 Å². The molecule has 0 N–H and O–H groups in total. The summed E-state index contributed by atoms with van der Waals surface area (Å²) in [4.78, 5) is 0. The summed E-state index contributed by atoms with van der Waals surface area (Å²) in [6.07, 6.45) is 8.68. The zero-order valence-corrected chi connectivity index (χ0v) is 8.32. The number of hydrogen-bond donors (Lipinski definition) is 0. The van der Waals surface area contributed by atoms with E-state index in [9.17, 15) is 0 Å². The third kappa shape index (κ3) is 1.77. The molecule has 0 aromatic heterocycles. The first kappa shape index (κ1) is 9.09. The third-order valence-electron chi connectivity index (χ3n) is 3.60. The van der Waals surface area contributed by atoms with Crippen LogP contribution < -0.4 is 0 Å². The highest BCUT2D eigenvalue weighted by Gasteiger charge is 2.41. The van der Waals surface area contributed by atoms with Crippen LogP contribution in [0.4, 0.5) is 0 Å². The van der Waals surface area contributed by atoms with Gasteiger partial charge in [-0.15, -0.1) is 0 Å². The molecule has 1 fully saturated rings. The Kier molecular flexibility index (Phi) is 2.98. The van der Waals surface area contributed by atoms with E-state index in [0.29, 0.717) is 0 Å². The van der Waals surface area contributed by atoms with Crippen molar-refractivity contribution in [3.8, 4) is 0 Å². The van der Waals surface area contributed by atoms with Gasteiger partial charge in [0.05, 0.1) is 0 Å². The van der Waals surface area contributed by atoms with E-state index in [4.69, 9.17) is 0 Å². The van der Waals surface area contributed by atoms with Gasteiger partial charge in [-0.2, -0.15) is 0 Å². The minimum Gasteiger partial charge on any atom is -0.0654 e. The van der Waals surface area contributed by atoms with Crippen molar-refractivity contribution in [3.05, 3.63) is 0 Å². The van der Waals surface area contributed by atoms with Gasteiger partial charge in [-0.1, -0.05) is 40.0 Å². The zero-order valence-electron chi connectivity index (χ0n) is 8.32. The second-order valence-electron chi connectivity index (χ2n) is 4.09. The molecule has 0 spiro atoms. The highest BCUT2D eigenvalue weighted by atomic mass is 14.5. The highest BCUT2D eigenvalue weighted by Crippen LogP contribution is 2.52. The van der Waals surface area contributed by atoms with Crippen LogP contribution in [0.5, 0.6) is 0 Å². The molecule has 0 radical (unpaired) electrons. The van der Waals surface area contributed by atoms with Crippen LogP contribution in [0.15, 0.2) is 0 Å². The lowest BCUT2D eigenvalue weighted by molar-refractivity contribution is 0.195. The third-order valence-corrected chi connectivity index (χ3v) is 3.60. The Labute approximate surface area is 71.4 Å². The van der Waals surface area contributed by atoms with E-state index in [0.717, 1.165) is 11.3 Å². The maximum Gasteiger partial charge on any atom is -0.0274 e. The van der Waals surface area contributed by atoms with Gasteiger partial charge >= 0.3 is 0 Å². The maximum atomic E-state index is 2.37. The van der Waals surface area contributed by atoms with E-state index in [1.54, 1.807) is 0 Å². The quantitative estimate of drug-likeness (QED) is 0.561. The summed E-state index contributed by atoms with van der Waals surface area (Å²) in [5, 5.41) is 0. The van der Waals surface area contributed by atoms with E-state index >= 15 is 0 Å². The molecule has 0 atom stereocenters. The van der Waals surface area contributed by atoms with Crippen molar-refractivity contribution in [1.29, 1.82) is 0 Å². The Hall–Kier alpha value is 0. The standard InChI is InChI=1S/C11H22/c1-4-9-11(5-2,6-3)10-7-8-10/h10H,4-9H2,1-3H3. The molecular formula is C11H22. The molecule has 0 heterocycles. The zero-order chi connectivity index (χ0) is 8.32. The first-order valence-electron chi connectivity index (χ1n) is 5.29. The van der Waals surface area contributed by atoms with Gasteiger partial charge in [0, 0.05) is 0 Å². The smallest absolute Gasteiger partial charge is 0.0274 e. The Morgan fingerprint density at radius 1 is 1.09 bits per heavy atom. The van der Waals surface area contributed by atoms with Crippen LogP contribution >= 0.6 is 0 Å². The molecule has 1 saturated carbocycles. The molecule has 0 saturated heterocycles. The van der Waals surface area contributed by atoms with Gasteiger partial charge in [0.2, 0.25) is 0 Å². The van der Waals surface area contributed by atoms with Crippen LogP contribution in [0, 0.1) is 11.3 Å². The summed E-state index contributed by atoms with van der Waals surface area (Å²) in [5.74, 6) is 1.09. The van der Waals surface area contributed by atoms with E-state index in [1.807, 2.05) is 0 Å². The summed E-state index contributed by atoms with van der Waals surface area (Å²) in [6.45, 7) is 7.07. The van der Waals surface area contributed by atoms with Crippen LogP contribution in [0.1, 0.15) is 59.3 Å². The largest absolute Gasteiger partial charge is 0.0654 e. The average molecular weight is 154 g/mol. The van der Waals surface area contributed by atoms with Gasteiger partial charge < -0.3 is 0 Å². The van der Waals surface area contributed by atoms with Crippen molar-refractivity contribution in [2.75, 3.05) is 0 Å². The second-order valence-corrected chi connectivity index (χ2v) is 4.09. The van der Waals surface area contributed by atoms with Gasteiger partial charge in [-0.3, -0.25) is 0 Å². The van der Waals surface area contributed by atoms with Gasteiger partial charge in [0.25, 0.3) is 0 Å². The molecule has 0 aromatic rings. The summed E-state index contributed by atoms with van der Waals surface area (Å²) in [5.41, 5.74) is 0.745. The summed E-state index contributed by atoms with van der Waals surface area (Å²) in [7, 11) is 0. The van der Waals surface area contributed by atoms with Crippen LogP contribution in [-0.4, -0.2) is 0 Å². The molecule has 0 nitrogen and oxygen atoms in total. The monoisotopic (exact) mass is 154 g/mol. The van der Waals surface area contributed by atoms with Crippen molar-refractivity contribution >= 4 is 0 Å². The summed E-state index contributed by atoms with van der Waals surface area (Å²) >= 11 is 0. The Morgan fingerprint density at radius 2 is 1.64 bits per heavy atom. The highest BCUT2D eigenvalue weighted by molar-refractivity contribution is 4.91.